The van der Waals surface area contributed by atoms with Gasteiger partial charge in [-0.25, -0.2) is 8.42 Å². The summed E-state index contributed by atoms with van der Waals surface area (Å²) in [6.07, 6.45) is 1.08. The van der Waals surface area contributed by atoms with Crippen LogP contribution in [0, 0.1) is 0 Å². The Labute approximate surface area is 97.2 Å². The van der Waals surface area contributed by atoms with E-state index in [2.05, 4.69) is 16.0 Å². The smallest absolute Gasteiger partial charge is 0.266 e. The monoisotopic (exact) mass is 252 g/mol. The number of benzene rings is 1. The van der Waals surface area contributed by atoms with Crippen LogP contribution in [0.15, 0.2) is 40.3 Å². The lowest BCUT2D eigenvalue weighted by molar-refractivity contribution is 0.104. The highest BCUT2D eigenvalue weighted by Crippen LogP contribution is 2.22. The van der Waals surface area contributed by atoms with E-state index in [-0.39, 0.29) is 21.9 Å². The highest BCUT2D eigenvalue weighted by atomic mass is 32.2. The second-order valence-corrected chi connectivity index (χ2v) is 4.52. The van der Waals surface area contributed by atoms with Gasteiger partial charge in [0.05, 0.1) is 10.6 Å². The largest absolute Gasteiger partial charge is 0.398 e. The maximum Gasteiger partial charge on any atom is 0.266 e. The molecule has 0 aliphatic carbocycles. The van der Waals surface area contributed by atoms with Crippen LogP contribution in [0.4, 0.5) is 5.69 Å². The number of carbonyl (C=O) groups is 1. The summed E-state index contributed by atoms with van der Waals surface area (Å²) in [7, 11) is -4.14. The van der Waals surface area contributed by atoms with Gasteiger partial charge >= 0.3 is 0 Å². The number of hydrogen-bond donors (Lipinski definition) is 1. The van der Waals surface area contributed by atoms with E-state index in [9.17, 15) is 13.2 Å². The van der Waals surface area contributed by atoms with Gasteiger partial charge in [0.25, 0.3) is 10.0 Å². The average molecular weight is 252 g/mol. The lowest BCUT2D eigenvalue weighted by Gasteiger charge is -2.04. The molecule has 0 aromatic heterocycles. The Morgan fingerprint density at radius 3 is 2.65 bits per heavy atom. The molecule has 0 fully saturated rings. The third kappa shape index (κ3) is 2.63. The fourth-order valence-corrected chi connectivity index (χ4v) is 1.93. The van der Waals surface area contributed by atoms with E-state index >= 15 is 0 Å². The van der Waals surface area contributed by atoms with Crippen LogP contribution in [-0.4, -0.2) is 14.2 Å². The fourth-order valence-electron chi connectivity index (χ4n) is 1.15. The van der Waals surface area contributed by atoms with Gasteiger partial charge in [-0.3, -0.25) is 4.79 Å². The predicted octanol–water partition coefficient (Wildman–Crippen LogP) is 1.64. The van der Waals surface area contributed by atoms with Crippen molar-refractivity contribution >= 4 is 21.5 Å². The molecule has 1 rings (SSSR count). The van der Waals surface area contributed by atoms with Crippen molar-refractivity contribution in [2.24, 2.45) is 4.52 Å². The summed E-state index contributed by atoms with van der Waals surface area (Å²) in [5.41, 5.74) is 13.6. The van der Waals surface area contributed by atoms with Crippen molar-refractivity contribution in [1.29, 1.82) is 0 Å². The second-order valence-electron chi connectivity index (χ2n) is 2.97. The van der Waals surface area contributed by atoms with Crippen molar-refractivity contribution in [2.45, 2.75) is 4.90 Å². The first-order valence-electron chi connectivity index (χ1n) is 4.30. The van der Waals surface area contributed by atoms with Gasteiger partial charge in [0.2, 0.25) is 0 Å². The third-order valence-corrected chi connectivity index (χ3v) is 3.12. The molecule has 0 spiro atoms. The molecule has 0 atom stereocenters. The van der Waals surface area contributed by atoms with Gasteiger partial charge < -0.3 is 5.73 Å². The normalized spacial score (nSPS) is 10.4. The molecular weight excluding hydrogens is 244 g/mol. The molecule has 0 radical (unpaired) electrons. The van der Waals surface area contributed by atoms with Crippen molar-refractivity contribution in [1.82, 2.24) is 0 Å². The van der Waals surface area contributed by atoms with Crippen LogP contribution < -0.4 is 5.73 Å². The molecule has 0 amide bonds. The molecule has 1 aromatic rings. The summed E-state index contributed by atoms with van der Waals surface area (Å²) in [6, 6.07) is 3.56. The SMILES string of the molecule is C=CC(=O)c1ccc(S(=O)(=O)N=[N+]=[N-])c(N)c1. The minimum atomic E-state index is -4.14. The number of nitrogens with two attached hydrogens (primary N) is 1. The first-order chi connectivity index (χ1) is 7.92. The minimum Gasteiger partial charge on any atom is -0.398 e. The number of azide groups is 1. The van der Waals surface area contributed by atoms with Crippen LogP contribution in [0.5, 0.6) is 0 Å². The van der Waals surface area contributed by atoms with E-state index in [4.69, 9.17) is 11.3 Å². The number of hydrogen-bond acceptors (Lipinski definition) is 4. The van der Waals surface area contributed by atoms with Crippen molar-refractivity contribution in [3.8, 4) is 0 Å². The van der Waals surface area contributed by atoms with Crippen LogP contribution in [0.3, 0.4) is 0 Å². The molecule has 88 valence electrons. The maximum absolute atomic E-state index is 11.4. The van der Waals surface area contributed by atoms with Gasteiger partial charge in [-0.05, 0) is 29.8 Å². The number of sulfonamides is 1. The Bertz CT molecular complexity index is 630. The number of nitrogens with zero attached hydrogens (tertiary/aromatic N) is 3. The molecule has 0 saturated heterocycles. The quantitative estimate of drug-likeness (QED) is 0.218. The summed E-state index contributed by atoms with van der Waals surface area (Å²) in [4.78, 5) is 13.1. The van der Waals surface area contributed by atoms with Gasteiger partial charge in [0, 0.05) is 15.0 Å². The van der Waals surface area contributed by atoms with E-state index in [1.165, 1.54) is 12.1 Å². The van der Waals surface area contributed by atoms with Crippen molar-refractivity contribution < 1.29 is 13.2 Å². The maximum atomic E-state index is 11.4. The number of nitrogen functional groups attached to an aromatic ring is 1. The zero-order valence-corrected chi connectivity index (χ0v) is 9.38. The number of carbonyl (C=O) groups excluding carboxylic acids is 1. The lowest BCUT2D eigenvalue weighted by atomic mass is 10.1. The van der Waals surface area contributed by atoms with Crippen LogP contribution in [0.2, 0.25) is 0 Å². The molecule has 0 unspecified atom stereocenters. The second kappa shape index (κ2) is 4.69. The van der Waals surface area contributed by atoms with E-state index in [1.54, 1.807) is 0 Å². The van der Waals surface area contributed by atoms with E-state index < -0.39 is 10.0 Å². The predicted molar refractivity (Wildman–Crippen MR) is 61.7 cm³/mol. The van der Waals surface area contributed by atoms with Crippen LogP contribution in [0.25, 0.3) is 10.4 Å². The number of ketones is 1. The van der Waals surface area contributed by atoms with Gasteiger partial charge in [0.1, 0.15) is 0 Å². The van der Waals surface area contributed by atoms with Crippen LogP contribution in [-0.2, 0) is 10.0 Å². The topological polar surface area (TPSA) is 126 Å². The molecule has 1 aromatic carbocycles. The van der Waals surface area contributed by atoms with Gasteiger partial charge in [0.15, 0.2) is 5.78 Å². The van der Waals surface area contributed by atoms with Gasteiger partial charge in [-0.1, -0.05) is 6.58 Å². The van der Waals surface area contributed by atoms with Gasteiger partial charge in [-0.2, -0.15) is 0 Å². The summed E-state index contributed by atoms with van der Waals surface area (Å²) in [5, 5.41) is 0. The zero-order valence-electron chi connectivity index (χ0n) is 8.57. The number of anilines is 1. The first-order valence-corrected chi connectivity index (χ1v) is 5.74. The summed E-state index contributed by atoms with van der Waals surface area (Å²) >= 11 is 0. The minimum absolute atomic E-state index is 0.162. The van der Waals surface area contributed by atoms with Crippen LogP contribution >= 0.6 is 0 Å². The van der Waals surface area contributed by atoms with E-state index in [0.29, 0.717) is 0 Å². The summed E-state index contributed by atoms with van der Waals surface area (Å²) in [6.45, 7) is 3.29. The molecule has 0 heterocycles. The molecule has 17 heavy (non-hydrogen) atoms. The molecule has 8 heteroatoms. The van der Waals surface area contributed by atoms with Crippen molar-refractivity contribution in [2.75, 3.05) is 5.73 Å². The Kier molecular flexibility index (Phi) is 3.52. The number of rotatable bonds is 4. The third-order valence-electron chi connectivity index (χ3n) is 1.90. The molecule has 7 nitrogen and oxygen atoms in total. The zero-order chi connectivity index (χ0) is 13.1. The van der Waals surface area contributed by atoms with Crippen molar-refractivity contribution in [3.05, 3.63) is 46.9 Å². The first kappa shape index (κ1) is 12.8. The Hall–Kier alpha value is -2.31. The van der Waals surface area contributed by atoms with E-state index in [1.807, 2.05) is 0 Å². The lowest BCUT2D eigenvalue weighted by Crippen LogP contribution is -2.03. The Morgan fingerprint density at radius 2 is 2.18 bits per heavy atom. The van der Waals surface area contributed by atoms with Crippen molar-refractivity contribution in [3.63, 3.8) is 0 Å². The van der Waals surface area contributed by atoms with Gasteiger partial charge in [-0.15, -0.1) is 0 Å². The molecule has 0 aliphatic heterocycles. The average Bonchev–Trinajstić information content (AvgIpc) is 2.27. The van der Waals surface area contributed by atoms with Crippen LogP contribution in [0.1, 0.15) is 10.4 Å². The molecule has 0 aliphatic rings. The summed E-state index contributed by atoms with van der Waals surface area (Å²) < 4.78 is 25.4. The highest BCUT2D eigenvalue weighted by molar-refractivity contribution is 7.90. The molecule has 0 saturated carbocycles. The fraction of sp³-hybridized carbons (Fsp3) is 0. The molecule has 0 bridgehead atoms. The Morgan fingerprint density at radius 1 is 1.53 bits per heavy atom. The molecule has 2 N–H and O–H groups in total. The molecular formula is C9H8N4O3S. The number of allylic oxidation sites excluding steroid dienone is 1. The van der Waals surface area contributed by atoms with E-state index in [0.717, 1.165) is 12.1 Å². The highest BCUT2D eigenvalue weighted by Gasteiger charge is 2.16. The summed E-state index contributed by atoms with van der Waals surface area (Å²) in [5.74, 6) is -0.385. The standard InChI is InChI=1S/C9H8N4O3S/c1-2-8(14)6-3-4-9(7(10)5-6)17(15,16)13-12-11/h2-5H,1,10H2. The Balaban J connectivity index is 3.38.